The fraction of sp³-hybridized carbons (Fsp3) is 0.636. The molecule has 0 aliphatic carbocycles. The molecule has 1 fully saturated rings. The summed E-state index contributed by atoms with van der Waals surface area (Å²) in [4.78, 5) is 24.5. The zero-order valence-electron chi connectivity index (χ0n) is 10.7. The van der Waals surface area contributed by atoms with Crippen molar-refractivity contribution in [3.05, 3.63) is 11.8 Å². The molecule has 1 heterocycles. The van der Waals surface area contributed by atoms with Gasteiger partial charge in [-0.15, -0.1) is 0 Å². The molecule has 8 heteroatoms. The minimum Gasteiger partial charge on any atom is -0.464 e. The Balaban J connectivity index is 2.74. The molecule has 6 nitrogen and oxygen atoms in total. The number of methoxy groups -OCH3 is 1. The van der Waals surface area contributed by atoms with E-state index < -0.39 is 23.6 Å². The van der Waals surface area contributed by atoms with Gasteiger partial charge < -0.3 is 19.7 Å². The van der Waals surface area contributed by atoms with Crippen LogP contribution >= 0.6 is 0 Å². The summed E-state index contributed by atoms with van der Waals surface area (Å²) in [7, 11) is 1.05. The lowest BCUT2D eigenvalue weighted by molar-refractivity contribution is -0.136. The Morgan fingerprint density at radius 3 is 2.42 bits per heavy atom. The first-order valence-corrected chi connectivity index (χ1v) is 5.66. The molecule has 1 saturated heterocycles. The number of alkyl halides is 2. The number of amides is 2. The highest BCUT2D eigenvalue weighted by molar-refractivity contribution is 5.93. The van der Waals surface area contributed by atoms with Crippen LogP contribution in [0.2, 0.25) is 0 Å². The summed E-state index contributed by atoms with van der Waals surface area (Å²) in [6, 6.07) is -0.635. The van der Waals surface area contributed by atoms with E-state index >= 15 is 0 Å². The third kappa shape index (κ3) is 5.21. The van der Waals surface area contributed by atoms with Gasteiger partial charge in [-0.1, -0.05) is 0 Å². The lowest BCUT2D eigenvalue weighted by Gasteiger charge is -2.27. The first-order valence-electron chi connectivity index (χ1n) is 5.66. The predicted octanol–water partition coefficient (Wildman–Crippen LogP) is 0.740. The minimum absolute atomic E-state index is 0.336. The third-order valence-electron chi connectivity index (χ3n) is 2.34. The molecule has 1 rings (SSSR count). The number of nitrogens with zero attached hydrogens (tertiary/aromatic N) is 1. The van der Waals surface area contributed by atoms with Crippen molar-refractivity contribution >= 4 is 12.0 Å². The van der Waals surface area contributed by atoms with E-state index in [1.54, 1.807) is 0 Å². The first-order chi connectivity index (χ1) is 8.83. The Kier molecular flexibility index (Phi) is 5.22. The van der Waals surface area contributed by atoms with Gasteiger partial charge in [-0.2, -0.15) is 0 Å². The highest BCUT2D eigenvalue weighted by atomic mass is 19.3. The van der Waals surface area contributed by atoms with Gasteiger partial charge in [0.05, 0.1) is 20.3 Å². The first kappa shape index (κ1) is 15.4. The van der Waals surface area contributed by atoms with Crippen molar-refractivity contribution in [1.29, 1.82) is 0 Å². The van der Waals surface area contributed by atoms with E-state index in [9.17, 15) is 18.4 Å². The molecule has 0 aromatic rings. The van der Waals surface area contributed by atoms with Crippen molar-refractivity contribution in [3.8, 4) is 0 Å². The van der Waals surface area contributed by atoms with Crippen molar-refractivity contribution in [3.63, 3.8) is 0 Å². The van der Waals surface area contributed by atoms with E-state index in [0.29, 0.717) is 39.3 Å². The number of morpholine rings is 1. The molecule has 0 unspecified atom stereocenters. The predicted molar refractivity (Wildman–Crippen MR) is 61.6 cm³/mol. The quantitative estimate of drug-likeness (QED) is 0.611. The molecule has 0 radical (unpaired) electrons. The minimum atomic E-state index is -3.23. The Morgan fingerprint density at radius 1 is 1.37 bits per heavy atom. The third-order valence-corrected chi connectivity index (χ3v) is 2.34. The Labute approximate surface area is 109 Å². The molecule has 19 heavy (non-hydrogen) atoms. The van der Waals surface area contributed by atoms with Gasteiger partial charge in [0.1, 0.15) is 5.70 Å². The van der Waals surface area contributed by atoms with Crippen LogP contribution in [0.1, 0.15) is 6.92 Å². The average Bonchev–Trinajstić information content (AvgIpc) is 2.36. The van der Waals surface area contributed by atoms with Crippen LogP contribution in [-0.2, 0) is 14.3 Å². The summed E-state index contributed by atoms with van der Waals surface area (Å²) in [6.07, 6.45) is 0.358. The molecule has 2 amide bonds. The van der Waals surface area contributed by atoms with Crippen molar-refractivity contribution in [1.82, 2.24) is 10.2 Å². The number of nitrogens with one attached hydrogen (secondary N) is 1. The molecule has 1 aliphatic rings. The molecular weight excluding hydrogens is 262 g/mol. The monoisotopic (exact) mass is 278 g/mol. The average molecular weight is 278 g/mol. The highest BCUT2D eigenvalue weighted by Crippen LogP contribution is 2.15. The second-order valence-electron chi connectivity index (χ2n) is 4.04. The van der Waals surface area contributed by atoms with Crippen LogP contribution in [0.3, 0.4) is 0 Å². The number of hydrogen-bond donors (Lipinski definition) is 1. The Bertz CT molecular complexity index is 373. The Morgan fingerprint density at radius 2 is 1.95 bits per heavy atom. The van der Waals surface area contributed by atoms with Gasteiger partial charge in [-0.3, -0.25) is 0 Å². The topological polar surface area (TPSA) is 67.9 Å². The molecule has 108 valence electrons. The van der Waals surface area contributed by atoms with Gasteiger partial charge in [0.25, 0.3) is 5.92 Å². The van der Waals surface area contributed by atoms with E-state index in [0.717, 1.165) is 7.11 Å². The molecular formula is C11H16F2N2O4. The second-order valence-corrected chi connectivity index (χ2v) is 4.04. The molecule has 1 N–H and O–H groups in total. The Hall–Kier alpha value is -1.70. The van der Waals surface area contributed by atoms with Crippen LogP contribution in [0.15, 0.2) is 11.8 Å². The van der Waals surface area contributed by atoms with E-state index in [1.807, 2.05) is 0 Å². The number of ether oxygens (including phenoxy) is 2. The van der Waals surface area contributed by atoms with Gasteiger partial charge in [0.15, 0.2) is 0 Å². The summed E-state index contributed by atoms with van der Waals surface area (Å²) >= 11 is 0. The normalized spacial score (nSPS) is 17.1. The number of hydrogen-bond acceptors (Lipinski definition) is 4. The van der Waals surface area contributed by atoms with Crippen LogP contribution in [0, 0.1) is 0 Å². The molecule has 0 aromatic heterocycles. The SMILES string of the molecule is COC(=O)/C(=C\C(C)(F)F)NC(=O)N1CCOCC1. The number of allylic oxidation sites excluding steroid dienone is 1. The zero-order chi connectivity index (χ0) is 14.5. The molecule has 0 aromatic carbocycles. The van der Waals surface area contributed by atoms with Gasteiger partial charge in [0.2, 0.25) is 0 Å². The van der Waals surface area contributed by atoms with Gasteiger partial charge >= 0.3 is 12.0 Å². The van der Waals surface area contributed by atoms with Gasteiger partial charge in [0, 0.05) is 26.1 Å². The fourth-order valence-electron chi connectivity index (χ4n) is 1.47. The molecule has 0 atom stereocenters. The van der Waals surface area contributed by atoms with Crippen molar-refractivity contribution in [2.75, 3.05) is 33.4 Å². The fourth-order valence-corrected chi connectivity index (χ4v) is 1.47. The van der Waals surface area contributed by atoms with Crippen molar-refractivity contribution < 1.29 is 27.8 Å². The summed E-state index contributed by atoms with van der Waals surface area (Å²) in [5, 5.41) is 2.13. The number of carbonyl (C=O) groups is 2. The van der Waals surface area contributed by atoms with Crippen LogP contribution < -0.4 is 5.32 Å². The standard InChI is InChI=1S/C11H16F2N2O4/c1-11(12,13)7-8(9(16)18-2)14-10(17)15-3-5-19-6-4-15/h7H,3-6H2,1-2H3,(H,14,17)/b8-7+. The van der Waals surface area contributed by atoms with Crippen LogP contribution in [0.4, 0.5) is 13.6 Å². The maximum absolute atomic E-state index is 12.9. The van der Waals surface area contributed by atoms with E-state index in [1.165, 1.54) is 4.90 Å². The summed E-state index contributed by atoms with van der Waals surface area (Å²) < 4.78 is 35.2. The largest absolute Gasteiger partial charge is 0.464 e. The summed E-state index contributed by atoms with van der Waals surface area (Å²) in [5.74, 6) is -4.26. The maximum Gasteiger partial charge on any atom is 0.354 e. The summed E-state index contributed by atoms with van der Waals surface area (Å²) in [6.45, 7) is 2.02. The number of rotatable bonds is 3. The number of esters is 1. The lowest BCUT2D eigenvalue weighted by Crippen LogP contribution is -2.47. The highest BCUT2D eigenvalue weighted by Gasteiger charge is 2.25. The van der Waals surface area contributed by atoms with Crippen LogP contribution in [-0.4, -0.2) is 56.2 Å². The van der Waals surface area contributed by atoms with Crippen LogP contribution in [0.25, 0.3) is 0 Å². The number of urea groups is 1. The van der Waals surface area contributed by atoms with Crippen molar-refractivity contribution in [2.45, 2.75) is 12.8 Å². The van der Waals surface area contributed by atoms with E-state index in [2.05, 4.69) is 10.1 Å². The smallest absolute Gasteiger partial charge is 0.354 e. The van der Waals surface area contributed by atoms with Crippen molar-refractivity contribution in [2.24, 2.45) is 0 Å². The van der Waals surface area contributed by atoms with Gasteiger partial charge in [-0.25, -0.2) is 18.4 Å². The number of carbonyl (C=O) groups excluding carboxylic acids is 2. The van der Waals surface area contributed by atoms with E-state index in [4.69, 9.17) is 4.74 Å². The molecule has 1 aliphatic heterocycles. The molecule has 0 saturated carbocycles. The summed E-state index contributed by atoms with van der Waals surface area (Å²) in [5.41, 5.74) is -0.577. The second kappa shape index (κ2) is 6.46. The molecule has 0 spiro atoms. The lowest BCUT2D eigenvalue weighted by atomic mass is 10.3. The van der Waals surface area contributed by atoms with Crippen LogP contribution in [0.5, 0.6) is 0 Å². The van der Waals surface area contributed by atoms with E-state index in [-0.39, 0.29) is 0 Å². The number of halogens is 2. The van der Waals surface area contributed by atoms with Gasteiger partial charge in [-0.05, 0) is 0 Å². The zero-order valence-corrected chi connectivity index (χ0v) is 10.7. The maximum atomic E-state index is 12.9. The molecule has 0 bridgehead atoms.